The molecule has 1 saturated carbocycles. The molecule has 204 valence electrons. The molecule has 3 heterocycles. The predicted octanol–water partition coefficient (Wildman–Crippen LogP) is 4.44. The average Bonchev–Trinajstić information content (AvgIpc) is 3.57. The van der Waals surface area contributed by atoms with Crippen LogP contribution in [0, 0.1) is 6.92 Å². The lowest BCUT2D eigenvalue weighted by Gasteiger charge is -2.25. The molecule has 0 radical (unpaired) electrons. The number of aromatic amines is 1. The summed E-state index contributed by atoms with van der Waals surface area (Å²) in [6.07, 6.45) is 4.25. The molecule has 10 heteroatoms. The normalized spacial score (nSPS) is 14.3. The highest BCUT2D eigenvalue weighted by Crippen LogP contribution is 2.31. The molecular weight excluding hydrogens is 508 g/mol. The van der Waals surface area contributed by atoms with Crippen molar-refractivity contribution < 1.29 is 9.32 Å². The maximum absolute atomic E-state index is 14.1. The Morgan fingerprint density at radius 2 is 1.73 bits per heavy atom. The number of Topliss-reactive ketones (excluding diaryl/α,β-unsaturated/α-hetero) is 1. The van der Waals surface area contributed by atoms with E-state index in [0.29, 0.717) is 61.5 Å². The van der Waals surface area contributed by atoms with Gasteiger partial charge in [0.05, 0.1) is 5.69 Å². The SMILES string of the molecule is CCCc1c(Cc2ccc(-c3ccccc3-c3noc(=O)[nH]3)cc2)c(=O)n(C2CCC(=O)CC2)c2nc(C)nn12. The lowest BCUT2D eigenvalue weighted by molar-refractivity contribution is -0.120. The lowest BCUT2D eigenvalue weighted by Crippen LogP contribution is -2.34. The first-order valence-electron chi connectivity index (χ1n) is 13.7. The van der Waals surface area contributed by atoms with Crippen molar-refractivity contribution in [2.75, 3.05) is 0 Å². The summed E-state index contributed by atoms with van der Waals surface area (Å²) in [7, 11) is 0. The van der Waals surface area contributed by atoms with Crippen LogP contribution in [-0.2, 0) is 17.6 Å². The van der Waals surface area contributed by atoms with E-state index in [9.17, 15) is 14.4 Å². The van der Waals surface area contributed by atoms with Crippen LogP contribution >= 0.6 is 0 Å². The summed E-state index contributed by atoms with van der Waals surface area (Å²) in [5.41, 5.74) is 5.15. The van der Waals surface area contributed by atoms with E-state index in [1.807, 2.05) is 60.0 Å². The number of aromatic nitrogens is 6. The molecular formula is C30H30N6O4. The van der Waals surface area contributed by atoms with Crippen LogP contribution in [0.5, 0.6) is 0 Å². The lowest BCUT2D eigenvalue weighted by atomic mass is 9.93. The highest BCUT2D eigenvalue weighted by molar-refractivity contribution is 5.80. The van der Waals surface area contributed by atoms with Gasteiger partial charge in [-0.05, 0) is 42.9 Å². The molecule has 0 saturated heterocycles. The maximum Gasteiger partial charge on any atom is 0.439 e. The Morgan fingerprint density at radius 3 is 2.40 bits per heavy atom. The molecule has 3 aromatic heterocycles. The Kier molecular flexibility index (Phi) is 6.75. The molecule has 1 aliphatic rings. The highest BCUT2D eigenvalue weighted by Gasteiger charge is 2.27. The maximum atomic E-state index is 14.1. The van der Waals surface area contributed by atoms with Crippen LogP contribution in [0.25, 0.3) is 28.3 Å². The molecule has 5 aromatic rings. The molecule has 40 heavy (non-hydrogen) atoms. The van der Waals surface area contributed by atoms with E-state index in [1.54, 1.807) is 4.57 Å². The number of nitrogens with zero attached hydrogens (tertiary/aromatic N) is 5. The highest BCUT2D eigenvalue weighted by atomic mass is 16.5. The van der Waals surface area contributed by atoms with Gasteiger partial charge in [0.25, 0.3) is 5.56 Å². The third kappa shape index (κ3) is 4.70. The van der Waals surface area contributed by atoms with Gasteiger partial charge in [0, 0.05) is 36.4 Å². The van der Waals surface area contributed by atoms with Crippen LogP contribution in [-0.4, -0.2) is 35.1 Å². The number of H-pyrrole nitrogens is 1. The summed E-state index contributed by atoms with van der Waals surface area (Å²) in [5.74, 6) is 1.19. The first-order chi connectivity index (χ1) is 19.4. The molecule has 0 spiro atoms. The van der Waals surface area contributed by atoms with Gasteiger partial charge < -0.3 is 0 Å². The van der Waals surface area contributed by atoms with Crippen LogP contribution in [0.1, 0.15) is 67.7 Å². The van der Waals surface area contributed by atoms with E-state index in [1.165, 1.54) is 0 Å². The number of ketones is 1. The van der Waals surface area contributed by atoms with E-state index in [-0.39, 0.29) is 17.4 Å². The van der Waals surface area contributed by atoms with E-state index in [4.69, 9.17) is 4.52 Å². The minimum atomic E-state index is -0.604. The molecule has 1 aliphatic carbocycles. The van der Waals surface area contributed by atoms with Crippen LogP contribution in [0.2, 0.25) is 0 Å². The van der Waals surface area contributed by atoms with Crippen molar-refractivity contribution in [2.24, 2.45) is 0 Å². The fourth-order valence-electron chi connectivity index (χ4n) is 5.70. The summed E-state index contributed by atoms with van der Waals surface area (Å²) in [6.45, 7) is 3.93. The smallest absolute Gasteiger partial charge is 0.300 e. The number of benzene rings is 2. The largest absolute Gasteiger partial charge is 0.439 e. The van der Waals surface area contributed by atoms with Gasteiger partial charge in [-0.3, -0.25) is 23.7 Å². The molecule has 0 unspecified atom stereocenters. The van der Waals surface area contributed by atoms with Crippen molar-refractivity contribution in [3.05, 3.63) is 92.1 Å². The van der Waals surface area contributed by atoms with Crippen LogP contribution < -0.4 is 11.3 Å². The zero-order valence-corrected chi connectivity index (χ0v) is 22.5. The predicted molar refractivity (Wildman–Crippen MR) is 149 cm³/mol. The van der Waals surface area contributed by atoms with Crippen molar-refractivity contribution in [3.63, 3.8) is 0 Å². The second-order valence-electron chi connectivity index (χ2n) is 10.4. The molecule has 10 nitrogen and oxygen atoms in total. The second kappa shape index (κ2) is 10.5. The topological polar surface area (TPSA) is 128 Å². The van der Waals surface area contributed by atoms with Gasteiger partial charge in [-0.2, -0.15) is 10.1 Å². The zero-order valence-electron chi connectivity index (χ0n) is 22.5. The van der Waals surface area contributed by atoms with E-state index < -0.39 is 5.76 Å². The third-order valence-corrected chi connectivity index (χ3v) is 7.63. The Labute approximate surface area is 229 Å². The summed E-state index contributed by atoms with van der Waals surface area (Å²) in [6, 6.07) is 15.6. The third-order valence-electron chi connectivity index (χ3n) is 7.63. The number of aryl methyl sites for hydroxylation is 2. The molecule has 0 aliphatic heterocycles. The molecule has 2 aromatic carbocycles. The Bertz CT molecular complexity index is 1820. The Hall–Kier alpha value is -4.60. The number of fused-ring (bicyclic) bond motifs is 1. The van der Waals surface area contributed by atoms with Crippen molar-refractivity contribution in [2.45, 2.75) is 64.8 Å². The molecule has 0 amide bonds. The monoisotopic (exact) mass is 538 g/mol. The fourth-order valence-corrected chi connectivity index (χ4v) is 5.70. The van der Waals surface area contributed by atoms with Gasteiger partial charge >= 0.3 is 5.76 Å². The van der Waals surface area contributed by atoms with Gasteiger partial charge in [-0.1, -0.05) is 67.0 Å². The van der Waals surface area contributed by atoms with Crippen molar-refractivity contribution in [1.29, 1.82) is 0 Å². The standard InChI is InChI=1S/C30H30N6O4/c1-3-6-26-25(28(38)35(21-13-15-22(37)16-14-21)29-31-18(2)33-36(26)29)17-19-9-11-20(12-10-19)23-7-4-5-8-24(23)27-32-30(39)40-34-27/h4-5,7-12,21H,3,6,13-17H2,1-2H3,(H,32,34,39). The van der Waals surface area contributed by atoms with Crippen LogP contribution in [0.15, 0.2) is 62.6 Å². The van der Waals surface area contributed by atoms with Gasteiger partial charge in [-0.15, -0.1) is 0 Å². The molecule has 1 N–H and O–H groups in total. The number of carbonyl (C=O) groups is 1. The van der Waals surface area contributed by atoms with E-state index in [2.05, 4.69) is 27.1 Å². The number of nitrogens with one attached hydrogen (secondary N) is 1. The zero-order chi connectivity index (χ0) is 27.8. The summed E-state index contributed by atoms with van der Waals surface area (Å²) < 4.78 is 8.33. The van der Waals surface area contributed by atoms with Crippen molar-refractivity contribution >= 4 is 11.6 Å². The molecule has 6 rings (SSSR count). The summed E-state index contributed by atoms with van der Waals surface area (Å²) >= 11 is 0. The molecule has 0 bridgehead atoms. The quantitative estimate of drug-likeness (QED) is 0.324. The molecule has 0 atom stereocenters. The molecule has 1 fully saturated rings. The summed E-state index contributed by atoms with van der Waals surface area (Å²) in [5, 5.41) is 8.53. The number of carbonyl (C=O) groups excluding carboxylic acids is 1. The first kappa shape index (κ1) is 25.7. The number of rotatable bonds is 7. The minimum absolute atomic E-state index is 0.0490. The second-order valence-corrected chi connectivity index (χ2v) is 10.4. The van der Waals surface area contributed by atoms with Crippen LogP contribution in [0.4, 0.5) is 0 Å². The Morgan fingerprint density at radius 1 is 1.00 bits per heavy atom. The van der Waals surface area contributed by atoms with Gasteiger partial charge in [0.2, 0.25) is 5.78 Å². The van der Waals surface area contributed by atoms with Gasteiger partial charge in [0.15, 0.2) is 5.82 Å². The van der Waals surface area contributed by atoms with Crippen molar-refractivity contribution in [1.82, 2.24) is 29.3 Å². The average molecular weight is 539 g/mol. The first-order valence-corrected chi connectivity index (χ1v) is 13.7. The van der Waals surface area contributed by atoms with E-state index in [0.717, 1.165) is 34.4 Å². The summed E-state index contributed by atoms with van der Waals surface area (Å²) in [4.78, 5) is 44.8. The number of hydrogen-bond donors (Lipinski definition) is 1. The van der Waals surface area contributed by atoms with Crippen molar-refractivity contribution in [3.8, 4) is 22.5 Å². The number of hydrogen-bond acceptors (Lipinski definition) is 7. The Balaban J connectivity index is 1.40. The van der Waals surface area contributed by atoms with Crippen LogP contribution in [0.3, 0.4) is 0 Å². The van der Waals surface area contributed by atoms with Gasteiger partial charge in [-0.25, -0.2) is 9.31 Å². The van der Waals surface area contributed by atoms with E-state index >= 15 is 0 Å². The minimum Gasteiger partial charge on any atom is -0.300 e. The van der Waals surface area contributed by atoms with Gasteiger partial charge in [0.1, 0.15) is 11.6 Å². The fraction of sp³-hybridized carbons (Fsp3) is 0.333.